The zero-order valence-electron chi connectivity index (χ0n) is 13.5. The van der Waals surface area contributed by atoms with Crippen molar-refractivity contribution in [2.75, 3.05) is 52.7 Å². The van der Waals surface area contributed by atoms with E-state index in [1.165, 1.54) is 51.7 Å². The van der Waals surface area contributed by atoms with Gasteiger partial charge in [-0.25, -0.2) is 0 Å². The lowest BCUT2D eigenvalue weighted by atomic mass is 9.76. The van der Waals surface area contributed by atoms with E-state index in [9.17, 15) is 0 Å². The standard InChI is InChI=1S/C17H31NO3/c1-2-19-13-16-11-17(14-21-16)5-7-18(8-6-17)12-15-3-9-20-10-4-15/h15-16H,2-14H2,1H3/t16-/m0/s1. The summed E-state index contributed by atoms with van der Waals surface area (Å²) in [5.41, 5.74) is 0.452. The number of rotatable bonds is 5. The van der Waals surface area contributed by atoms with E-state index in [1.807, 2.05) is 0 Å². The van der Waals surface area contributed by atoms with Crippen molar-refractivity contribution in [3.63, 3.8) is 0 Å². The molecule has 1 atom stereocenters. The van der Waals surface area contributed by atoms with Gasteiger partial charge in [-0.1, -0.05) is 0 Å². The zero-order chi connectivity index (χ0) is 14.5. The molecule has 4 nitrogen and oxygen atoms in total. The van der Waals surface area contributed by atoms with Crippen LogP contribution in [0.25, 0.3) is 0 Å². The Labute approximate surface area is 129 Å². The van der Waals surface area contributed by atoms with Crippen molar-refractivity contribution >= 4 is 0 Å². The Kier molecular flexibility index (Phi) is 5.54. The molecule has 0 aromatic heterocycles. The molecule has 3 heterocycles. The van der Waals surface area contributed by atoms with Crippen molar-refractivity contribution in [1.29, 1.82) is 0 Å². The summed E-state index contributed by atoms with van der Waals surface area (Å²) < 4.78 is 17.0. The Morgan fingerprint density at radius 1 is 1.19 bits per heavy atom. The van der Waals surface area contributed by atoms with Crippen LogP contribution >= 0.6 is 0 Å². The van der Waals surface area contributed by atoms with E-state index in [1.54, 1.807) is 0 Å². The Bertz CT molecular complexity index is 309. The molecular weight excluding hydrogens is 266 g/mol. The Balaban J connectivity index is 1.40. The minimum Gasteiger partial charge on any atom is -0.381 e. The first-order valence-corrected chi connectivity index (χ1v) is 8.79. The fourth-order valence-corrected chi connectivity index (χ4v) is 4.10. The molecule has 21 heavy (non-hydrogen) atoms. The summed E-state index contributed by atoms with van der Waals surface area (Å²) in [5, 5.41) is 0. The fraction of sp³-hybridized carbons (Fsp3) is 1.00. The van der Waals surface area contributed by atoms with Gasteiger partial charge in [0, 0.05) is 26.4 Å². The smallest absolute Gasteiger partial charge is 0.0814 e. The maximum atomic E-state index is 5.97. The molecule has 122 valence electrons. The van der Waals surface area contributed by atoms with Gasteiger partial charge in [-0.15, -0.1) is 0 Å². The van der Waals surface area contributed by atoms with Crippen molar-refractivity contribution in [2.45, 2.75) is 45.1 Å². The van der Waals surface area contributed by atoms with Crippen molar-refractivity contribution < 1.29 is 14.2 Å². The molecule has 0 amide bonds. The summed E-state index contributed by atoms with van der Waals surface area (Å²) >= 11 is 0. The molecule has 3 fully saturated rings. The molecular formula is C17H31NO3. The summed E-state index contributed by atoms with van der Waals surface area (Å²) in [5.74, 6) is 0.860. The quantitative estimate of drug-likeness (QED) is 0.779. The van der Waals surface area contributed by atoms with E-state index in [0.717, 1.165) is 39.0 Å². The van der Waals surface area contributed by atoms with Crippen LogP contribution in [0.1, 0.15) is 39.0 Å². The van der Waals surface area contributed by atoms with E-state index in [-0.39, 0.29) is 0 Å². The average molecular weight is 297 g/mol. The van der Waals surface area contributed by atoms with Gasteiger partial charge in [-0.3, -0.25) is 0 Å². The summed E-state index contributed by atoms with van der Waals surface area (Å²) in [6.07, 6.45) is 6.66. The molecule has 0 aromatic rings. The first kappa shape index (κ1) is 15.7. The largest absolute Gasteiger partial charge is 0.381 e. The summed E-state index contributed by atoms with van der Waals surface area (Å²) in [6.45, 7) is 10.3. The Morgan fingerprint density at radius 2 is 1.95 bits per heavy atom. The third-order valence-electron chi connectivity index (χ3n) is 5.57. The second-order valence-electron chi connectivity index (χ2n) is 7.15. The van der Waals surface area contributed by atoms with E-state index < -0.39 is 0 Å². The second-order valence-corrected chi connectivity index (χ2v) is 7.15. The van der Waals surface area contributed by atoms with Gasteiger partial charge in [-0.2, -0.15) is 0 Å². The molecule has 4 heteroatoms. The maximum Gasteiger partial charge on any atom is 0.0814 e. The zero-order valence-corrected chi connectivity index (χ0v) is 13.5. The fourth-order valence-electron chi connectivity index (χ4n) is 4.10. The van der Waals surface area contributed by atoms with Gasteiger partial charge in [0.2, 0.25) is 0 Å². The van der Waals surface area contributed by atoms with Crippen molar-refractivity contribution in [3.05, 3.63) is 0 Å². The molecule has 3 aliphatic heterocycles. The molecule has 3 rings (SSSR count). The first-order valence-electron chi connectivity index (χ1n) is 8.79. The van der Waals surface area contributed by atoms with Crippen LogP contribution in [0.3, 0.4) is 0 Å². The van der Waals surface area contributed by atoms with Gasteiger partial charge >= 0.3 is 0 Å². The van der Waals surface area contributed by atoms with Crippen LogP contribution in [-0.2, 0) is 14.2 Å². The van der Waals surface area contributed by atoms with Crippen molar-refractivity contribution in [3.8, 4) is 0 Å². The number of likely N-dealkylation sites (tertiary alicyclic amines) is 1. The lowest BCUT2D eigenvalue weighted by Gasteiger charge is -2.40. The molecule has 0 bridgehead atoms. The normalized spacial score (nSPS) is 31.0. The lowest BCUT2D eigenvalue weighted by molar-refractivity contribution is 0.0135. The number of hydrogen-bond donors (Lipinski definition) is 0. The topological polar surface area (TPSA) is 30.9 Å². The van der Waals surface area contributed by atoms with E-state index in [2.05, 4.69) is 11.8 Å². The average Bonchev–Trinajstić information content (AvgIpc) is 2.92. The molecule has 1 spiro atoms. The van der Waals surface area contributed by atoms with Crippen LogP contribution in [-0.4, -0.2) is 63.7 Å². The molecule has 0 aromatic carbocycles. The van der Waals surface area contributed by atoms with Crippen LogP contribution in [0.5, 0.6) is 0 Å². The van der Waals surface area contributed by atoms with Gasteiger partial charge in [-0.05, 0) is 63.5 Å². The number of hydrogen-bond acceptors (Lipinski definition) is 4. The Morgan fingerprint density at radius 3 is 2.67 bits per heavy atom. The van der Waals surface area contributed by atoms with Gasteiger partial charge in [0.05, 0.1) is 19.3 Å². The number of nitrogens with zero attached hydrogens (tertiary/aromatic N) is 1. The molecule has 0 unspecified atom stereocenters. The first-order chi connectivity index (χ1) is 10.3. The highest BCUT2D eigenvalue weighted by Crippen LogP contribution is 2.42. The molecule has 0 saturated carbocycles. The molecule has 0 aliphatic carbocycles. The molecule has 0 N–H and O–H groups in total. The van der Waals surface area contributed by atoms with E-state index >= 15 is 0 Å². The van der Waals surface area contributed by atoms with Crippen LogP contribution in [0.4, 0.5) is 0 Å². The van der Waals surface area contributed by atoms with Crippen LogP contribution in [0.2, 0.25) is 0 Å². The highest BCUT2D eigenvalue weighted by molar-refractivity contribution is 4.92. The predicted molar refractivity (Wildman–Crippen MR) is 82.5 cm³/mol. The minimum absolute atomic E-state index is 0.340. The lowest BCUT2D eigenvalue weighted by Crippen LogP contribution is -2.43. The van der Waals surface area contributed by atoms with Gasteiger partial charge in [0.25, 0.3) is 0 Å². The van der Waals surface area contributed by atoms with Crippen molar-refractivity contribution in [1.82, 2.24) is 4.90 Å². The van der Waals surface area contributed by atoms with Crippen LogP contribution < -0.4 is 0 Å². The molecule has 3 aliphatic rings. The minimum atomic E-state index is 0.340. The van der Waals surface area contributed by atoms with Crippen LogP contribution in [0.15, 0.2) is 0 Å². The van der Waals surface area contributed by atoms with Crippen molar-refractivity contribution in [2.24, 2.45) is 11.3 Å². The van der Waals surface area contributed by atoms with E-state index in [4.69, 9.17) is 14.2 Å². The predicted octanol–water partition coefficient (Wildman–Crippen LogP) is 2.32. The second kappa shape index (κ2) is 7.40. The molecule has 0 radical (unpaired) electrons. The monoisotopic (exact) mass is 297 g/mol. The summed E-state index contributed by atoms with van der Waals surface area (Å²) in [6, 6.07) is 0. The van der Waals surface area contributed by atoms with Gasteiger partial charge in [0.15, 0.2) is 0 Å². The van der Waals surface area contributed by atoms with Gasteiger partial charge in [0.1, 0.15) is 0 Å². The Hall–Kier alpha value is -0.160. The third-order valence-corrected chi connectivity index (χ3v) is 5.57. The van der Waals surface area contributed by atoms with Gasteiger partial charge < -0.3 is 19.1 Å². The number of piperidine rings is 1. The van der Waals surface area contributed by atoms with E-state index in [0.29, 0.717) is 11.5 Å². The molecule has 3 saturated heterocycles. The summed E-state index contributed by atoms with van der Waals surface area (Å²) in [7, 11) is 0. The summed E-state index contributed by atoms with van der Waals surface area (Å²) in [4.78, 5) is 2.68. The highest BCUT2D eigenvalue weighted by atomic mass is 16.5. The number of ether oxygens (including phenoxy) is 3. The third kappa shape index (κ3) is 4.19. The maximum absolute atomic E-state index is 5.97. The van der Waals surface area contributed by atoms with Crippen LogP contribution in [0, 0.1) is 11.3 Å². The SMILES string of the molecule is CCOC[C@@H]1CC2(CCN(CC3CCOCC3)CC2)CO1. The highest BCUT2D eigenvalue weighted by Gasteiger charge is 2.42.